The van der Waals surface area contributed by atoms with Crippen LogP contribution < -0.4 is 5.73 Å². The summed E-state index contributed by atoms with van der Waals surface area (Å²) in [5.41, 5.74) is 5.89. The van der Waals surface area contributed by atoms with Gasteiger partial charge in [0.25, 0.3) is 0 Å². The number of hydrogen-bond acceptors (Lipinski definition) is 6. The van der Waals surface area contributed by atoms with Crippen molar-refractivity contribution in [2.75, 3.05) is 18.9 Å². The van der Waals surface area contributed by atoms with Crippen LogP contribution in [0.5, 0.6) is 0 Å². The molecular weight excluding hydrogens is 242 g/mol. The van der Waals surface area contributed by atoms with Gasteiger partial charge >= 0.3 is 0 Å². The molecule has 0 spiro atoms. The van der Waals surface area contributed by atoms with Crippen LogP contribution in [-0.2, 0) is 4.74 Å². The number of nitrogens with two attached hydrogens (primary N) is 1. The minimum atomic E-state index is 0.469. The monoisotopic (exact) mass is 253 g/mol. The lowest BCUT2D eigenvalue weighted by Gasteiger charge is -2.06. The van der Waals surface area contributed by atoms with E-state index in [-0.39, 0.29) is 0 Å². The lowest BCUT2D eigenvalue weighted by molar-refractivity contribution is 0.199. The third-order valence-corrected chi connectivity index (χ3v) is 4.40. The summed E-state index contributed by atoms with van der Waals surface area (Å²) in [6.45, 7) is 1.63. The molecule has 2 aromatic rings. The molecule has 0 saturated carbocycles. The minimum absolute atomic E-state index is 0.469. The summed E-state index contributed by atoms with van der Waals surface area (Å²) in [4.78, 5) is 9.78. The number of ether oxygens (including phenoxy) is 1. The fourth-order valence-corrected chi connectivity index (χ4v) is 3.47. The van der Waals surface area contributed by atoms with Gasteiger partial charge in [-0.3, -0.25) is 0 Å². The number of rotatable bonds is 2. The second kappa shape index (κ2) is 4.20. The fraction of sp³-hybridized carbons (Fsp3) is 0.400. The molecule has 6 heteroatoms. The first-order valence-corrected chi connectivity index (χ1v) is 6.84. The third kappa shape index (κ3) is 1.88. The molecule has 1 aliphatic rings. The Morgan fingerprint density at radius 3 is 3.25 bits per heavy atom. The highest BCUT2D eigenvalue weighted by Crippen LogP contribution is 2.30. The van der Waals surface area contributed by atoms with Crippen LogP contribution in [0.25, 0.3) is 10.2 Å². The molecule has 4 nitrogen and oxygen atoms in total. The van der Waals surface area contributed by atoms with Crippen molar-refractivity contribution in [2.24, 2.45) is 0 Å². The van der Waals surface area contributed by atoms with Crippen molar-refractivity contribution in [3.05, 3.63) is 11.4 Å². The van der Waals surface area contributed by atoms with Gasteiger partial charge in [-0.05, 0) is 17.9 Å². The van der Waals surface area contributed by atoms with Gasteiger partial charge in [-0.25, -0.2) is 9.97 Å². The van der Waals surface area contributed by atoms with Crippen LogP contribution in [-0.4, -0.2) is 28.4 Å². The van der Waals surface area contributed by atoms with E-state index in [4.69, 9.17) is 10.5 Å². The van der Waals surface area contributed by atoms with Crippen molar-refractivity contribution in [2.45, 2.75) is 16.8 Å². The molecule has 16 heavy (non-hydrogen) atoms. The Morgan fingerprint density at radius 1 is 1.50 bits per heavy atom. The lowest BCUT2D eigenvalue weighted by atomic mass is 10.4. The summed E-state index contributed by atoms with van der Waals surface area (Å²) >= 11 is 3.26. The van der Waals surface area contributed by atoms with Gasteiger partial charge in [-0.2, -0.15) is 0 Å². The smallest absolute Gasteiger partial charge is 0.191 e. The lowest BCUT2D eigenvalue weighted by Crippen LogP contribution is -2.03. The van der Waals surface area contributed by atoms with Crippen LogP contribution >= 0.6 is 23.1 Å². The Kier molecular flexibility index (Phi) is 2.70. The predicted molar refractivity (Wildman–Crippen MR) is 66.9 cm³/mol. The molecular formula is C10H11N3OS2. The van der Waals surface area contributed by atoms with E-state index in [2.05, 4.69) is 9.97 Å². The average Bonchev–Trinajstić information content (AvgIpc) is 2.87. The van der Waals surface area contributed by atoms with E-state index >= 15 is 0 Å². The summed E-state index contributed by atoms with van der Waals surface area (Å²) in [5, 5.41) is 4.18. The molecule has 3 heterocycles. The van der Waals surface area contributed by atoms with E-state index in [1.807, 2.05) is 11.4 Å². The van der Waals surface area contributed by atoms with Gasteiger partial charge in [-0.1, -0.05) is 11.8 Å². The summed E-state index contributed by atoms with van der Waals surface area (Å²) in [5.74, 6) is 0.577. The van der Waals surface area contributed by atoms with E-state index < -0.39 is 0 Å². The Balaban J connectivity index is 1.91. The zero-order valence-corrected chi connectivity index (χ0v) is 10.2. The molecule has 0 bridgehead atoms. The van der Waals surface area contributed by atoms with Gasteiger partial charge in [-0.15, -0.1) is 11.3 Å². The summed E-state index contributed by atoms with van der Waals surface area (Å²) in [6.07, 6.45) is 1.07. The molecule has 0 aliphatic carbocycles. The Bertz CT molecular complexity index is 508. The Hall–Kier alpha value is -0.850. The van der Waals surface area contributed by atoms with Crippen molar-refractivity contribution >= 4 is 39.1 Å². The second-order valence-electron chi connectivity index (χ2n) is 3.63. The molecule has 2 aromatic heterocycles. The Morgan fingerprint density at radius 2 is 2.44 bits per heavy atom. The van der Waals surface area contributed by atoms with Gasteiger partial charge in [0.1, 0.15) is 10.6 Å². The van der Waals surface area contributed by atoms with E-state index in [1.54, 1.807) is 23.1 Å². The molecule has 2 N–H and O–H groups in total. The maximum atomic E-state index is 5.89. The van der Waals surface area contributed by atoms with Crippen molar-refractivity contribution in [1.29, 1.82) is 0 Å². The molecule has 0 amide bonds. The van der Waals surface area contributed by atoms with E-state index in [1.165, 1.54) is 0 Å². The van der Waals surface area contributed by atoms with Gasteiger partial charge < -0.3 is 10.5 Å². The van der Waals surface area contributed by atoms with E-state index in [0.717, 1.165) is 35.0 Å². The molecule has 1 unspecified atom stereocenters. The summed E-state index contributed by atoms with van der Waals surface area (Å²) < 4.78 is 5.33. The number of thioether (sulfide) groups is 1. The number of aromatic nitrogens is 2. The summed E-state index contributed by atoms with van der Waals surface area (Å²) in [7, 11) is 0. The quantitative estimate of drug-likeness (QED) is 0.831. The van der Waals surface area contributed by atoms with Gasteiger partial charge in [0, 0.05) is 11.9 Å². The number of anilines is 1. The zero-order valence-electron chi connectivity index (χ0n) is 8.55. The van der Waals surface area contributed by atoms with Gasteiger partial charge in [0.2, 0.25) is 0 Å². The number of hydrogen-bond donors (Lipinski definition) is 1. The maximum absolute atomic E-state index is 5.89. The number of nitrogens with zero attached hydrogens (tertiary/aromatic N) is 2. The maximum Gasteiger partial charge on any atom is 0.191 e. The van der Waals surface area contributed by atoms with Crippen molar-refractivity contribution in [3.63, 3.8) is 0 Å². The highest BCUT2D eigenvalue weighted by molar-refractivity contribution is 7.99. The van der Waals surface area contributed by atoms with Crippen LogP contribution in [0.3, 0.4) is 0 Å². The average molecular weight is 253 g/mol. The number of nitrogen functional groups attached to an aromatic ring is 1. The van der Waals surface area contributed by atoms with Crippen molar-refractivity contribution in [1.82, 2.24) is 9.97 Å². The predicted octanol–water partition coefficient (Wildman–Crippen LogP) is 2.15. The van der Waals surface area contributed by atoms with Crippen LogP contribution in [0.15, 0.2) is 16.6 Å². The molecule has 1 fully saturated rings. The topological polar surface area (TPSA) is 61.0 Å². The SMILES string of the molecule is Nc1nc(SC2CCOC2)nc2sccc12. The normalized spacial score (nSPS) is 20.6. The molecule has 1 aliphatic heterocycles. The largest absolute Gasteiger partial charge is 0.383 e. The first-order valence-electron chi connectivity index (χ1n) is 5.08. The number of fused-ring (bicyclic) bond motifs is 1. The van der Waals surface area contributed by atoms with Gasteiger partial charge in [0.15, 0.2) is 5.16 Å². The van der Waals surface area contributed by atoms with Gasteiger partial charge in [0.05, 0.1) is 12.0 Å². The zero-order chi connectivity index (χ0) is 11.0. The third-order valence-electron chi connectivity index (χ3n) is 2.49. The van der Waals surface area contributed by atoms with E-state index in [0.29, 0.717) is 11.1 Å². The second-order valence-corrected chi connectivity index (χ2v) is 5.80. The molecule has 0 aromatic carbocycles. The van der Waals surface area contributed by atoms with E-state index in [9.17, 15) is 0 Å². The van der Waals surface area contributed by atoms with Crippen LogP contribution in [0.4, 0.5) is 5.82 Å². The molecule has 3 rings (SSSR count). The highest BCUT2D eigenvalue weighted by Gasteiger charge is 2.19. The number of thiophene rings is 1. The molecule has 84 valence electrons. The minimum Gasteiger partial charge on any atom is -0.383 e. The fourth-order valence-electron chi connectivity index (χ4n) is 1.67. The van der Waals surface area contributed by atoms with Crippen molar-refractivity contribution < 1.29 is 4.74 Å². The standard InChI is InChI=1S/C10H11N3OS2/c11-8-7-2-4-15-9(7)13-10(12-8)16-6-1-3-14-5-6/h2,4,6H,1,3,5H2,(H2,11,12,13). The molecule has 1 atom stereocenters. The first-order chi connectivity index (χ1) is 7.83. The molecule has 0 radical (unpaired) electrons. The van der Waals surface area contributed by atoms with Crippen LogP contribution in [0.2, 0.25) is 0 Å². The van der Waals surface area contributed by atoms with Crippen LogP contribution in [0.1, 0.15) is 6.42 Å². The first kappa shape index (κ1) is 10.3. The van der Waals surface area contributed by atoms with Crippen LogP contribution in [0, 0.1) is 0 Å². The van der Waals surface area contributed by atoms with Crippen molar-refractivity contribution in [3.8, 4) is 0 Å². The Labute approximate surface area is 101 Å². The summed E-state index contributed by atoms with van der Waals surface area (Å²) in [6, 6.07) is 1.96. The highest BCUT2D eigenvalue weighted by atomic mass is 32.2. The molecule has 1 saturated heterocycles.